The summed E-state index contributed by atoms with van der Waals surface area (Å²) >= 11 is 4.86. The number of alkyl halides is 12. The third kappa shape index (κ3) is 18.3. The van der Waals surface area contributed by atoms with Crippen molar-refractivity contribution in [2.75, 3.05) is 39.3 Å². The van der Waals surface area contributed by atoms with E-state index in [1.165, 1.54) is 9.80 Å². The molecule has 0 bridgehead atoms. The molecule has 0 radical (unpaired) electrons. The maximum absolute atomic E-state index is 13.8. The molecule has 0 aromatic carbocycles. The molecule has 32 heteroatoms. The highest BCUT2D eigenvalue weighted by atomic mass is 35.5. The number of halogens is 17. The number of Topliss-reactive ketones (excluding diaryl/α,β-unsaturated/α-hetero) is 1. The van der Waals surface area contributed by atoms with Gasteiger partial charge in [0.25, 0.3) is 17.1 Å². The molecule has 15 nitrogen and oxygen atoms in total. The zero-order valence-electron chi connectivity index (χ0n) is 37.8. The van der Waals surface area contributed by atoms with Gasteiger partial charge in [-0.05, 0) is 74.6 Å². The molecule has 7 heterocycles. The number of hydrogen-bond donors (Lipinski definition) is 4. The summed E-state index contributed by atoms with van der Waals surface area (Å²) in [7, 11) is 0. The van der Waals surface area contributed by atoms with E-state index in [1.54, 1.807) is 0 Å². The molecule has 0 unspecified atom stereocenters. The predicted octanol–water partition coefficient (Wildman–Crippen LogP) is 8.17. The molecule has 3 aliphatic rings. The van der Waals surface area contributed by atoms with Crippen LogP contribution in [0.25, 0.3) is 0 Å². The lowest BCUT2D eigenvalue weighted by Crippen LogP contribution is -2.40. The first kappa shape index (κ1) is 62.7. The van der Waals surface area contributed by atoms with Gasteiger partial charge in [-0.1, -0.05) is 0 Å². The highest BCUT2D eigenvalue weighted by Gasteiger charge is 2.41. The Hall–Kier alpha value is -6.60. The van der Waals surface area contributed by atoms with E-state index in [2.05, 4.69) is 25.3 Å². The Balaban J connectivity index is 0.000000255. The number of hydrogen-bond acceptors (Lipinski definition) is 12. The van der Waals surface area contributed by atoms with Gasteiger partial charge in [-0.3, -0.25) is 19.2 Å². The maximum Gasteiger partial charge on any atom is 0.436 e. The third-order valence-corrected chi connectivity index (χ3v) is 10.4. The van der Waals surface area contributed by atoms with Crippen LogP contribution in [0.5, 0.6) is 0 Å². The Morgan fingerprint density at radius 1 is 0.507 bits per heavy atom. The molecule has 0 spiro atoms. The largest absolute Gasteiger partial charge is 0.478 e. The van der Waals surface area contributed by atoms with Crippen molar-refractivity contribution in [1.29, 1.82) is 0 Å². The normalized spacial score (nSPS) is 15.6. The fraction of sp³-hybridized carbons (Fsp3) is 0.419. The molecular formula is C43H38ClF16N7O8. The van der Waals surface area contributed by atoms with Crippen LogP contribution in [0.4, 0.5) is 70.2 Å². The summed E-state index contributed by atoms with van der Waals surface area (Å²) in [6.07, 6.45) is -14.9. The van der Waals surface area contributed by atoms with Crippen LogP contribution in [0.15, 0.2) is 49.1 Å². The number of aromatic carboxylic acids is 1. The molecule has 4 N–H and O–H groups in total. The highest BCUT2D eigenvalue weighted by molar-refractivity contribution is 6.67. The first-order valence-electron chi connectivity index (χ1n) is 21.1. The van der Waals surface area contributed by atoms with Gasteiger partial charge in [0, 0.05) is 63.8 Å². The van der Waals surface area contributed by atoms with Crippen LogP contribution in [-0.2, 0) is 29.5 Å². The van der Waals surface area contributed by atoms with Crippen molar-refractivity contribution in [3.8, 4) is 0 Å². The number of piperidine rings is 3. The zero-order valence-corrected chi connectivity index (χ0v) is 38.5. The molecular weight excluding hydrogens is 1080 g/mol. The number of carboxylic acid groups (broad SMARTS) is 1. The molecule has 3 saturated heterocycles. The van der Waals surface area contributed by atoms with Crippen LogP contribution < -0.4 is 5.32 Å². The van der Waals surface area contributed by atoms with E-state index in [0.29, 0.717) is 31.3 Å². The van der Waals surface area contributed by atoms with Crippen LogP contribution in [0, 0.1) is 23.3 Å². The van der Waals surface area contributed by atoms with Gasteiger partial charge in [-0.15, -0.1) is 0 Å². The van der Waals surface area contributed by atoms with Gasteiger partial charge >= 0.3 is 30.7 Å². The summed E-state index contributed by atoms with van der Waals surface area (Å²) in [5.74, 6) is -10.4. The van der Waals surface area contributed by atoms with Gasteiger partial charge in [0.2, 0.25) is 0 Å². The number of carboxylic acids is 1. The number of carbonyl (C=O) groups is 5. The molecule has 4 aromatic heterocycles. The summed E-state index contributed by atoms with van der Waals surface area (Å²) in [6, 6.07) is 3.27. The number of rotatable bonds is 4. The highest BCUT2D eigenvalue weighted by Crippen LogP contribution is 2.34. The number of carbonyl (C=O) groups excluding carboxylic acids is 4. The van der Waals surface area contributed by atoms with Gasteiger partial charge in [0.15, 0.2) is 46.0 Å². The van der Waals surface area contributed by atoms with E-state index >= 15 is 0 Å². The summed E-state index contributed by atoms with van der Waals surface area (Å²) in [5, 5.41) is 28.4. The second-order valence-corrected chi connectivity index (χ2v) is 15.8. The lowest BCUT2D eigenvalue weighted by molar-refractivity contribution is -0.144. The molecule has 4 aromatic rings. The smallest absolute Gasteiger partial charge is 0.436 e. The van der Waals surface area contributed by atoms with Gasteiger partial charge in [0.1, 0.15) is 5.78 Å². The number of nitrogens with one attached hydrogen (secondary N) is 1. The topological polar surface area (TPSA) is 216 Å². The van der Waals surface area contributed by atoms with Crippen molar-refractivity contribution in [3.63, 3.8) is 0 Å². The number of likely N-dealkylation sites (tertiary alicyclic amines) is 2. The van der Waals surface area contributed by atoms with Crippen molar-refractivity contribution in [2.45, 2.75) is 75.4 Å². The Kier molecular flexibility index (Phi) is 22.4. The number of aromatic nitrogens is 4. The summed E-state index contributed by atoms with van der Waals surface area (Å²) in [6.45, 7) is 2.51. The van der Waals surface area contributed by atoms with Crippen molar-refractivity contribution >= 4 is 40.4 Å². The molecule has 0 saturated carbocycles. The molecule has 2 amide bonds. The average Bonchev–Trinajstić information content (AvgIpc) is 3.31. The molecule has 75 heavy (non-hydrogen) atoms. The summed E-state index contributed by atoms with van der Waals surface area (Å²) in [5.41, 5.74) is -10.2. The molecule has 3 aliphatic heterocycles. The van der Waals surface area contributed by atoms with E-state index in [9.17, 15) is 99.3 Å². The Bertz CT molecular complexity index is 2560. The van der Waals surface area contributed by atoms with E-state index in [1.807, 2.05) is 0 Å². The minimum absolute atomic E-state index is 0.0266. The molecule has 412 valence electrons. The standard InChI is InChI=1S/C12H12F4N2O2.C12H10F4N2O2.C7H2ClF4NO.C7H3F4NO2.C5H11NO/c2*13-9-8(1-4-17-10(9)12(14,15)16)11(20)18-5-2-7(19)3-6-18;8-6(14)3-1-2-13-5(4(3)9)7(10,11)12;8-4-3(6(13)14)1-2-12-5(4)7(9,10)11;7-5-1-3-6-4-2-5/h1,4,7,19H,2-3,5-6H2;1,4H,2-3,5-6H2;1-2H;1-2H,(H,13,14);5-7H,1-4H2. The Labute approximate surface area is 416 Å². The molecule has 0 aliphatic carbocycles. The lowest BCUT2D eigenvalue weighted by atomic mass is 10.1. The maximum atomic E-state index is 13.8. The van der Waals surface area contributed by atoms with Gasteiger partial charge in [-0.25, -0.2) is 42.3 Å². The van der Waals surface area contributed by atoms with Crippen molar-refractivity contribution in [2.24, 2.45) is 0 Å². The monoisotopic (exact) mass is 1120 g/mol. The van der Waals surface area contributed by atoms with Gasteiger partial charge < -0.3 is 30.4 Å². The van der Waals surface area contributed by atoms with Crippen LogP contribution in [-0.4, -0.2) is 125 Å². The zero-order chi connectivity index (χ0) is 56.8. The lowest BCUT2D eigenvalue weighted by Gasteiger charge is -2.29. The number of ketones is 1. The Morgan fingerprint density at radius 2 is 0.800 bits per heavy atom. The first-order chi connectivity index (χ1) is 34.7. The third-order valence-electron chi connectivity index (χ3n) is 10.2. The molecule has 3 fully saturated rings. The molecule has 7 rings (SSSR count). The number of pyridine rings is 4. The number of amides is 2. The van der Waals surface area contributed by atoms with E-state index in [0.717, 1.165) is 56.5 Å². The fourth-order valence-electron chi connectivity index (χ4n) is 6.39. The van der Waals surface area contributed by atoms with Crippen LogP contribution >= 0.6 is 11.6 Å². The van der Waals surface area contributed by atoms with Crippen molar-refractivity contribution in [1.82, 2.24) is 35.1 Å². The van der Waals surface area contributed by atoms with E-state index < -0.39 is 122 Å². The summed E-state index contributed by atoms with van der Waals surface area (Å²) in [4.78, 5) is 69.6. The fourth-order valence-corrected chi connectivity index (χ4v) is 6.53. The van der Waals surface area contributed by atoms with Gasteiger partial charge in [-0.2, -0.15) is 52.7 Å². The van der Waals surface area contributed by atoms with Crippen LogP contribution in [0.3, 0.4) is 0 Å². The first-order valence-corrected chi connectivity index (χ1v) is 21.5. The minimum Gasteiger partial charge on any atom is -0.478 e. The Morgan fingerprint density at radius 3 is 1.11 bits per heavy atom. The second kappa shape index (κ2) is 26.7. The van der Waals surface area contributed by atoms with Crippen molar-refractivity contribution in [3.05, 3.63) is 117 Å². The van der Waals surface area contributed by atoms with E-state index in [4.69, 9.17) is 21.8 Å². The van der Waals surface area contributed by atoms with E-state index in [-0.39, 0.29) is 50.9 Å². The number of aliphatic hydroxyl groups excluding tert-OH is 2. The number of nitrogens with zero attached hydrogens (tertiary/aromatic N) is 6. The van der Waals surface area contributed by atoms with Gasteiger partial charge in [0.05, 0.1) is 34.5 Å². The average molecular weight is 1120 g/mol. The van der Waals surface area contributed by atoms with Crippen molar-refractivity contribution < 1.29 is 110 Å². The predicted molar refractivity (Wildman–Crippen MR) is 223 cm³/mol. The SMILES string of the molecule is O=C(Cl)c1ccnc(C(F)(F)F)c1F.O=C(O)c1ccnc(C(F)(F)F)c1F.O=C(c1ccnc(C(F)(F)F)c1F)N1CCC(O)CC1.O=C1CCN(C(=O)c2ccnc(C(F)(F)F)c2F)CC1.OC1CCNCC1. The van der Waals surface area contributed by atoms with Crippen LogP contribution in [0.1, 0.15) is 103 Å². The number of aliphatic hydroxyl groups is 2. The quantitative estimate of drug-likeness (QED) is 0.112. The summed E-state index contributed by atoms with van der Waals surface area (Å²) < 4.78 is 201. The minimum atomic E-state index is -4.99. The second-order valence-electron chi connectivity index (χ2n) is 15.5. The molecule has 0 atom stereocenters. The van der Waals surface area contributed by atoms with Crippen LogP contribution in [0.2, 0.25) is 0 Å².